The number of nitrogens with zero attached hydrogens (tertiary/aromatic N) is 2. The van der Waals surface area contributed by atoms with Crippen molar-refractivity contribution in [2.45, 2.75) is 6.54 Å². The average Bonchev–Trinajstić information content (AvgIpc) is 3.50. The van der Waals surface area contributed by atoms with Crippen LogP contribution in [0.2, 0.25) is 0 Å². The molecule has 0 unspecified atom stereocenters. The fourth-order valence-corrected chi connectivity index (χ4v) is 6.25. The van der Waals surface area contributed by atoms with Crippen LogP contribution in [0.1, 0.15) is 0 Å². The molecule has 0 saturated carbocycles. The second-order valence-electron chi connectivity index (χ2n) is 10.2. The van der Waals surface area contributed by atoms with E-state index in [1.54, 1.807) is 0 Å². The summed E-state index contributed by atoms with van der Waals surface area (Å²) in [5.74, 6) is 0. The zero-order valence-electron chi connectivity index (χ0n) is 21.5. The molecule has 39 heavy (non-hydrogen) atoms. The van der Waals surface area contributed by atoms with Crippen LogP contribution in [0.5, 0.6) is 0 Å². The Labute approximate surface area is 226 Å². The highest BCUT2D eigenvalue weighted by Gasteiger charge is 2.14. The highest BCUT2D eigenvalue weighted by atomic mass is 15.0. The first-order valence-corrected chi connectivity index (χ1v) is 13.5. The van der Waals surface area contributed by atoms with E-state index in [2.05, 4.69) is 155 Å². The number of rotatable bonds is 4. The molecule has 0 amide bonds. The first-order chi connectivity index (χ1) is 19.4. The maximum atomic E-state index is 2.41. The summed E-state index contributed by atoms with van der Waals surface area (Å²) >= 11 is 0. The van der Waals surface area contributed by atoms with Crippen LogP contribution in [0.25, 0.3) is 71.7 Å². The third kappa shape index (κ3) is 3.42. The molecule has 2 aromatic heterocycles. The quantitative estimate of drug-likeness (QED) is 0.228. The van der Waals surface area contributed by atoms with Crippen molar-refractivity contribution in [2.75, 3.05) is 0 Å². The van der Waals surface area contributed by atoms with Gasteiger partial charge >= 0.3 is 0 Å². The van der Waals surface area contributed by atoms with Crippen molar-refractivity contribution in [2.24, 2.45) is 0 Å². The van der Waals surface area contributed by atoms with E-state index in [1.807, 2.05) is 0 Å². The van der Waals surface area contributed by atoms with Crippen LogP contribution in [0.4, 0.5) is 0 Å². The summed E-state index contributed by atoms with van der Waals surface area (Å²) in [6, 6.07) is 48.2. The number of allylic oxidation sites excluding steroid dienone is 1. The molecule has 0 aliphatic carbocycles. The van der Waals surface area contributed by atoms with Gasteiger partial charge in [0.05, 0.1) is 11.0 Å². The molecule has 0 radical (unpaired) electrons. The van der Waals surface area contributed by atoms with Gasteiger partial charge in [-0.1, -0.05) is 103 Å². The van der Waals surface area contributed by atoms with Gasteiger partial charge in [-0.05, 0) is 58.3 Å². The Morgan fingerprint density at radius 3 is 1.87 bits per heavy atom. The predicted octanol–water partition coefficient (Wildman–Crippen LogP) is 9.89. The molecule has 0 atom stereocenters. The van der Waals surface area contributed by atoms with Gasteiger partial charge in [0.1, 0.15) is 0 Å². The minimum Gasteiger partial charge on any atom is -0.337 e. The van der Waals surface area contributed by atoms with E-state index in [9.17, 15) is 0 Å². The Morgan fingerprint density at radius 1 is 0.462 bits per heavy atom. The molecule has 0 aliphatic rings. The molecule has 0 aliphatic heterocycles. The molecule has 6 aromatic carbocycles. The van der Waals surface area contributed by atoms with Gasteiger partial charge in [-0.3, -0.25) is 0 Å². The largest absolute Gasteiger partial charge is 0.337 e. The van der Waals surface area contributed by atoms with Crippen LogP contribution in [0.15, 0.2) is 140 Å². The lowest BCUT2D eigenvalue weighted by Crippen LogP contribution is -1.95. The van der Waals surface area contributed by atoms with Gasteiger partial charge in [0.2, 0.25) is 0 Å². The lowest BCUT2D eigenvalue weighted by Gasteiger charge is -2.06. The van der Waals surface area contributed by atoms with E-state index in [0.717, 1.165) is 6.54 Å². The lowest BCUT2D eigenvalue weighted by atomic mass is 10.0. The maximum absolute atomic E-state index is 2.41. The fraction of sp³-hybridized carbons (Fsp3) is 0.0270. The topological polar surface area (TPSA) is 9.86 Å². The van der Waals surface area contributed by atoms with Gasteiger partial charge in [-0.25, -0.2) is 0 Å². The first-order valence-electron chi connectivity index (χ1n) is 13.5. The van der Waals surface area contributed by atoms with E-state index in [4.69, 9.17) is 0 Å². The summed E-state index contributed by atoms with van der Waals surface area (Å²) in [6.07, 6.45) is 4.54. The molecular formula is C37H26N2. The third-order valence-corrected chi connectivity index (χ3v) is 8.02. The van der Waals surface area contributed by atoms with E-state index in [-0.39, 0.29) is 0 Å². The second kappa shape index (κ2) is 8.75. The fourth-order valence-electron chi connectivity index (χ4n) is 6.25. The molecule has 8 rings (SSSR count). The molecule has 184 valence electrons. The minimum absolute atomic E-state index is 0.797. The minimum atomic E-state index is 0.797. The lowest BCUT2D eigenvalue weighted by molar-refractivity contribution is 0.899. The molecule has 0 bridgehead atoms. The monoisotopic (exact) mass is 498 g/mol. The molecule has 0 spiro atoms. The van der Waals surface area contributed by atoms with Crippen LogP contribution in [-0.2, 0) is 6.54 Å². The molecule has 2 heterocycles. The maximum Gasteiger partial charge on any atom is 0.0541 e. The average molecular weight is 499 g/mol. The molecule has 8 aromatic rings. The molecule has 2 heteroatoms. The SMILES string of the molecule is C(=C\n1c2ccc(-c3ccccc3)cc2c2c3ccccc3ccc21)/Cn1c2ccccc2c2ccccc21. The molecule has 0 N–H and O–H groups in total. The Balaban J connectivity index is 1.32. The van der Waals surface area contributed by atoms with Crippen molar-refractivity contribution in [3.8, 4) is 11.1 Å². The van der Waals surface area contributed by atoms with Gasteiger partial charge in [-0.15, -0.1) is 0 Å². The Kier molecular flexibility index (Phi) is 4.92. The van der Waals surface area contributed by atoms with Gasteiger partial charge in [0, 0.05) is 45.3 Å². The summed E-state index contributed by atoms with van der Waals surface area (Å²) in [5, 5.41) is 7.76. The smallest absolute Gasteiger partial charge is 0.0541 e. The van der Waals surface area contributed by atoms with Gasteiger partial charge in [-0.2, -0.15) is 0 Å². The van der Waals surface area contributed by atoms with E-state index in [1.165, 1.54) is 65.5 Å². The number of aromatic nitrogens is 2. The number of para-hydroxylation sites is 2. The van der Waals surface area contributed by atoms with Gasteiger partial charge in [0.15, 0.2) is 0 Å². The summed E-state index contributed by atoms with van der Waals surface area (Å²) in [4.78, 5) is 0. The molecule has 2 nitrogen and oxygen atoms in total. The van der Waals surface area contributed by atoms with Crippen molar-refractivity contribution in [1.82, 2.24) is 9.13 Å². The van der Waals surface area contributed by atoms with E-state index < -0.39 is 0 Å². The van der Waals surface area contributed by atoms with Crippen LogP contribution < -0.4 is 0 Å². The van der Waals surface area contributed by atoms with Crippen LogP contribution in [-0.4, -0.2) is 9.13 Å². The van der Waals surface area contributed by atoms with Crippen LogP contribution in [0.3, 0.4) is 0 Å². The molecular weight excluding hydrogens is 472 g/mol. The normalized spacial score (nSPS) is 12.1. The summed E-state index contributed by atoms with van der Waals surface area (Å²) in [6.45, 7) is 0.797. The number of hydrogen-bond donors (Lipinski definition) is 0. The van der Waals surface area contributed by atoms with Gasteiger partial charge < -0.3 is 9.13 Å². The van der Waals surface area contributed by atoms with Crippen molar-refractivity contribution >= 4 is 60.6 Å². The highest BCUT2D eigenvalue weighted by molar-refractivity contribution is 6.22. The highest BCUT2D eigenvalue weighted by Crippen LogP contribution is 2.37. The second-order valence-corrected chi connectivity index (χ2v) is 10.2. The number of hydrogen-bond acceptors (Lipinski definition) is 0. The third-order valence-electron chi connectivity index (χ3n) is 8.02. The van der Waals surface area contributed by atoms with Crippen molar-refractivity contribution < 1.29 is 0 Å². The van der Waals surface area contributed by atoms with Crippen LogP contribution in [0, 0.1) is 0 Å². The standard InChI is InChI=1S/C37H26N2/c1-2-11-26(12-3-1)28-20-21-35-32(25-28)37-29-14-5-4-13-27(29)19-22-36(37)39(35)24-10-23-38-33-17-8-6-15-30(33)31-16-7-9-18-34(31)38/h1-22,24-25H,23H2/b24-10+. The zero-order chi connectivity index (χ0) is 25.8. The summed E-state index contributed by atoms with van der Waals surface area (Å²) in [7, 11) is 0. The Morgan fingerprint density at radius 2 is 1.10 bits per heavy atom. The van der Waals surface area contributed by atoms with Crippen molar-refractivity contribution in [3.05, 3.63) is 140 Å². The number of fused-ring (bicyclic) bond motifs is 8. The Bertz CT molecular complexity index is 2140. The summed E-state index contributed by atoms with van der Waals surface area (Å²) < 4.78 is 4.78. The molecule has 0 saturated heterocycles. The van der Waals surface area contributed by atoms with Gasteiger partial charge in [0.25, 0.3) is 0 Å². The number of benzene rings is 6. The van der Waals surface area contributed by atoms with Crippen LogP contribution >= 0.6 is 0 Å². The van der Waals surface area contributed by atoms with E-state index in [0.29, 0.717) is 0 Å². The summed E-state index contributed by atoms with van der Waals surface area (Å²) in [5.41, 5.74) is 7.46. The zero-order valence-corrected chi connectivity index (χ0v) is 21.5. The Hall–Kier alpha value is -5.08. The predicted molar refractivity (Wildman–Crippen MR) is 167 cm³/mol. The molecule has 0 fully saturated rings. The van der Waals surface area contributed by atoms with Crippen molar-refractivity contribution in [1.29, 1.82) is 0 Å². The first kappa shape index (κ1) is 22.0. The van der Waals surface area contributed by atoms with E-state index >= 15 is 0 Å². The van der Waals surface area contributed by atoms with Crippen molar-refractivity contribution in [3.63, 3.8) is 0 Å².